The molecule has 0 aliphatic heterocycles. The maximum absolute atomic E-state index is 13.6. The van der Waals surface area contributed by atoms with Crippen molar-refractivity contribution >= 4 is 15.5 Å². The van der Waals surface area contributed by atoms with Crippen LogP contribution in [0.25, 0.3) is 0 Å². The number of anilines is 1. The van der Waals surface area contributed by atoms with Gasteiger partial charge < -0.3 is 5.73 Å². The third-order valence-corrected chi connectivity index (χ3v) is 5.36. The average molecular weight is 259 g/mol. The number of hydrogen-bond donors (Lipinski definition) is 1. The van der Waals surface area contributed by atoms with Gasteiger partial charge in [-0.3, -0.25) is 0 Å². The molecule has 0 saturated carbocycles. The minimum absolute atomic E-state index is 0.00382. The van der Waals surface area contributed by atoms with Gasteiger partial charge in [0.25, 0.3) is 0 Å². The van der Waals surface area contributed by atoms with E-state index in [2.05, 4.69) is 0 Å². The number of halogens is 1. The number of sulfone groups is 1. The average Bonchev–Trinajstić information content (AvgIpc) is 2.23. The first kappa shape index (κ1) is 14.0. The molecule has 17 heavy (non-hydrogen) atoms. The summed E-state index contributed by atoms with van der Waals surface area (Å²) in [6.45, 7) is 5.31. The van der Waals surface area contributed by atoms with E-state index in [-0.39, 0.29) is 22.9 Å². The van der Waals surface area contributed by atoms with E-state index >= 15 is 0 Å². The molecule has 0 heterocycles. The fourth-order valence-corrected chi connectivity index (χ4v) is 3.22. The van der Waals surface area contributed by atoms with Gasteiger partial charge in [0.1, 0.15) is 5.82 Å². The zero-order valence-corrected chi connectivity index (χ0v) is 11.1. The summed E-state index contributed by atoms with van der Waals surface area (Å²) in [4.78, 5) is 0. The van der Waals surface area contributed by atoms with Crippen LogP contribution in [-0.2, 0) is 15.6 Å². The molecule has 0 aliphatic carbocycles. The molecule has 1 unspecified atom stereocenters. The molecule has 5 heteroatoms. The van der Waals surface area contributed by atoms with E-state index in [0.717, 1.165) is 0 Å². The Morgan fingerprint density at radius 2 is 1.88 bits per heavy atom. The Morgan fingerprint density at radius 3 is 2.41 bits per heavy atom. The summed E-state index contributed by atoms with van der Waals surface area (Å²) >= 11 is 0. The van der Waals surface area contributed by atoms with Crippen LogP contribution in [0, 0.1) is 11.7 Å². The summed E-state index contributed by atoms with van der Waals surface area (Å²) < 4.78 is 37.6. The molecule has 1 atom stereocenters. The lowest BCUT2D eigenvalue weighted by atomic mass is 10.2. The number of nitrogens with two attached hydrogens (primary N) is 1. The quantitative estimate of drug-likeness (QED) is 0.844. The van der Waals surface area contributed by atoms with Gasteiger partial charge in [-0.25, -0.2) is 12.8 Å². The molecular formula is C12H18FNO2S. The SMILES string of the molecule is CC(C)C(C)S(=O)(=O)Cc1cccc(N)c1F. The van der Waals surface area contributed by atoms with Crippen LogP contribution in [0.15, 0.2) is 18.2 Å². The number of hydrogen-bond acceptors (Lipinski definition) is 3. The summed E-state index contributed by atoms with van der Waals surface area (Å²) in [7, 11) is -3.35. The van der Waals surface area contributed by atoms with Gasteiger partial charge in [-0.2, -0.15) is 0 Å². The van der Waals surface area contributed by atoms with Crippen LogP contribution in [0.2, 0.25) is 0 Å². The topological polar surface area (TPSA) is 60.2 Å². The van der Waals surface area contributed by atoms with E-state index < -0.39 is 20.9 Å². The molecule has 0 spiro atoms. The van der Waals surface area contributed by atoms with E-state index in [0.29, 0.717) is 0 Å². The number of rotatable bonds is 4. The minimum atomic E-state index is -3.35. The van der Waals surface area contributed by atoms with Gasteiger partial charge >= 0.3 is 0 Å². The zero-order valence-electron chi connectivity index (χ0n) is 10.3. The predicted molar refractivity (Wildman–Crippen MR) is 67.7 cm³/mol. The lowest BCUT2D eigenvalue weighted by molar-refractivity contribution is 0.542. The van der Waals surface area contributed by atoms with Crippen molar-refractivity contribution in [3.05, 3.63) is 29.6 Å². The third kappa shape index (κ3) is 3.19. The van der Waals surface area contributed by atoms with Crippen molar-refractivity contribution in [1.29, 1.82) is 0 Å². The standard InChI is InChI=1S/C12H18FNO2S/c1-8(2)9(3)17(15,16)7-10-5-4-6-11(14)12(10)13/h4-6,8-9H,7,14H2,1-3H3. The van der Waals surface area contributed by atoms with Crippen molar-refractivity contribution in [3.63, 3.8) is 0 Å². The lowest BCUT2D eigenvalue weighted by Gasteiger charge is -2.16. The number of nitrogen functional groups attached to an aromatic ring is 1. The summed E-state index contributed by atoms with van der Waals surface area (Å²) in [5, 5.41) is -0.497. The Morgan fingerprint density at radius 1 is 1.29 bits per heavy atom. The van der Waals surface area contributed by atoms with Crippen LogP contribution < -0.4 is 5.73 Å². The van der Waals surface area contributed by atoms with E-state index in [4.69, 9.17) is 5.73 Å². The van der Waals surface area contributed by atoms with E-state index in [1.165, 1.54) is 12.1 Å². The Hall–Kier alpha value is -1.10. The molecule has 0 saturated heterocycles. The first-order valence-electron chi connectivity index (χ1n) is 5.50. The van der Waals surface area contributed by atoms with E-state index in [9.17, 15) is 12.8 Å². The summed E-state index contributed by atoms with van der Waals surface area (Å²) in [5.74, 6) is -0.931. The van der Waals surface area contributed by atoms with Gasteiger partial charge in [-0.05, 0) is 18.9 Å². The van der Waals surface area contributed by atoms with Crippen molar-refractivity contribution in [3.8, 4) is 0 Å². The van der Waals surface area contributed by atoms with Crippen LogP contribution in [0.5, 0.6) is 0 Å². The Balaban J connectivity index is 3.03. The van der Waals surface area contributed by atoms with Crippen LogP contribution in [0.1, 0.15) is 26.3 Å². The maximum Gasteiger partial charge on any atom is 0.157 e. The molecule has 0 radical (unpaired) electrons. The molecular weight excluding hydrogens is 241 g/mol. The highest BCUT2D eigenvalue weighted by Gasteiger charge is 2.25. The van der Waals surface area contributed by atoms with Gasteiger partial charge in [0.05, 0.1) is 16.7 Å². The molecule has 0 amide bonds. The van der Waals surface area contributed by atoms with E-state index in [1.807, 2.05) is 13.8 Å². The molecule has 2 N–H and O–H groups in total. The van der Waals surface area contributed by atoms with Crippen LogP contribution in [0.3, 0.4) is 0 Å². The van der Waals surface area contributed by atoms with Gasteiger partial charge in [0.2, 0.25) is 0 Å². The van der Waals surface area contributed by atoms with Crippen molar-refractivity contribution in [1.82, 2.24) is 0 Å². The van der Waals surface area contributed by atoms with E-state index in [1.54, 1.807) is 13.0 Å². The fourth-order valence-electron chi connectivity index (χ4n) is 1.47. The molecule has 3 nitrogen and oxygen atoms in total. The van der Waals surface area contributed by atoms with Crippen molar-refractivity contribution < 1.29 is 12.8 Å². The monoisotopic (exact) mass is 259 g/mol. The van der Waals surface area contributed by atoms with Gasteiger partial charge in [-0.1, -0.05) is 26.0 Å². The normalized spacial score (nSPS) is 13.9. The highest BCUT2D eigenvalue weighted by Crippen LogP contribution is 2.21. The van der Waals surface area contributed by atoms with Gasteiger partial charge in [0, 0.05) is 5.56 Å². The smallest absolute Gasteiger partial charge is 0.157 e. The molecule has 1 aromatic rings. The minimum Gasteiger partial charge on any atom is -0.396 e. The van der Waals surface area contributed by atoms with Crippen molar-refractivity contribution in [2.45, 2.75) is 31.8 Å². The van der Waals surface area contributed by atoms with Crippen LogP contribution in [-0.4, -0.2) is 13.7 Å². The lowest BCUT2D eigenvalue weighted by Crippen LogP contribution is -2.25. The fraction of sp³-hybridized carbons (Fsp3) is 0.500. The van der Waals surface area contributed by atoms with Gasteiger partial charge in [-0.15, -0.1) is 0 Å². The molecule has 0 fully saturated rings. The highest BCUT2D eigenvalue weighted by molar-refractivity contribution is 7.91. The van der Waals surface area contributed by atoms with Crippen LogP contribution in [0.4, 0.5) is 10.1 Å². The Bertz CT molecular complexity index is 497. The van der Waals surface area contributed by atoms with Crippen molar-refractivity contribution in [2.75, 3.05) is 5.73 Å². The molecule has 0 bridgehead atoms. The second kappa shape index (κ2) is 5.04. The maximum atomic E-state index is 13.6. The van der Waals surface area contributed by atoms with Gasteiger partial charge in [0.15, 0.2) is 9.84 Å². The molecule has 1 rings (SSSR count). The molecule has 0 aliphatic rings. The largest absolute Gasteiger partial charge is 0.396 e. The zero-order chi connectivity index (χ0) is 13.2. The summed E-state index contributed by atoms with van der Waals surface area (Å²) in [6.07, 6.45) is 0. The summed E-state index contributed by atoms with van der Waals surface area (Å²) in [6, 6.07) is 4.43. The molecule has 96 valence electrons. The predicted octanol–water partition coefficient (Wildman–Crippen LogP) is 2.37. The third-order valence-electron chi connectivity index (χ3n) is 2.97. The first-order valence-corrected chi connectivity index (χ1v) is 7.21. The molecule has 1 aromatic carbocycles. The Labute approximate surface area is 102 Å². The summed E-state index contributed by atoms with van der Waals surface area (Å²) in [5.41, 5.74) is 5.52. The Kier molecular flexibility index (Phi) is 4.14. The first-order chi connectivity index (χ1) is 7.75. The number of benzene rings is 1. The van der Waals surface area contributed by atoms with Crippen LogP contribution >= 0.6 is 0 Å². The van der Waals surface area contributed by atoms with Crippen molar-refractivity contribution in [2.24, 2.45) is 5.92 Å². The highest BCUT2D eigenvalue weighted by atomic mass is 32.2. The second-order valence-electron chi connectivity index (χ2n) is 4.58. The molecule has 0 aromatic heterocycles. The second-order valence-corrected chi connectivity index (χ2v) is 6.93.